The molecule has 480 valence electrons. The second kappa shape index (κ2) is 27.2. The van der Waals surface area contributed by atoms with Crippen molar-refractivity contribution < 1.29 is 47.0 Å². The second-order valence-electron chi connectivity index (χ2n) is 24.4. The molecule has 8 aliphatic rings. The van der Waals surface area contributed by atoms with Gasteiger partial charge in [-0.15, -0.1) is 22.7 Å². The number of fused-ring (bicyclic) bond motifs is 2. The molecule has 2 N–H and O–H groups in total. The molecule has 22 nitrogen and oxygen atoms in total. The van der Waals surface area contributed by atoms with Gasteiger partial charge in [0.15, 0.2) is 21.7 Å². The number of hydrogen-bond donors (Lipinski definition) is 2. The van der Waals surface area contributed by atoms with Gasteiger partial charge in [-0.25, -0.2) is 37.9 Å². The zero-order valence-electron chi connectivity index (χ0n) is 51.4. The van der Waals surface area contributed by atoms with E-state index in [0.29, 0.717) is 136 Å². The van der Waals surface area contributed by atoms with Gasteiger partial charge in [-0.2, -0.15) is 0 Å². The van der Waals surface area contributed by atoms with Gasteiger partial charge in [-0.05, 0) is 78.6 Å². The summed E-state index contributed by atoms with van der Waals surface area (Å²) in [6.07, 6.45) is 4.65. The number of ether oxygens (including phenoxy) is 2. The molecule has 0 unspecified atom stereocenters. The number of rotatable bonds is 16. The molecule has 4 aromatic rings. The Kier molecular flexibility index (Phi) is 19.6. The summed E-state index contributed by atoms with van der Waals surface area (Å²) in [5.74, 6) is -0.882. The number of aliphatic imine (C=N–C) groups is 2. The maximum absolute atomic E-state index is 14.0. The van der Waals surface area contributed by atoms with Crippen molar-refractivity contribution in [3.63, 3.8) is 0 Å². The van der Waals surface area contributed by atoms with Crippen LogP contribution in [0.2, 0.25) is 10.0 Å². The van der Waals surface area contributed by atoms with Crippen LogP contribution in [0.5, 0.6) is 0 Å². The minimum Gasteiger partial charge on any atom is -0.466 e. The Morgan fingerprint density at radius 3 is 1.31 bits per heavy atom. The molecular formula is C62H74Cl2F2N14O8S2. The zero-order valence-corrected chi connectivity index (χ0v) is 54.6. The van der Waals surface area contributed by atoms with Gasteiger partial charge in [0.2, 0.25) is 0 Å². The standard InChI is InChI=1S/2C31H37ClFN7O4S/c2*1-17(2)39-14-20(12-25(39)18(3)41)40-15-21-13-37(8-9-38(21)31(40)43)16-24-26(30(42)44-4)27(22-6-5-19(33)11-23(22)32)36-28(35-24)29-34-7-10-45-29/h2*5-7,10-11,17,20-21,25,27H,8-9,12-16H2,1-4H3,(H,35,36)/t20-,21+,25+,27+;20-,21-,25-,27-/m10/s1. The number of thiazole rings is 2. The quantitative estimate of drug-likeness (QED) is 0.112. The minimum atomic E-state index is -0.842. The predicted molar refractivity (Wildman–Crippen MR) is 337 cm³/mol. The molecule has 6 saturated heterocycles. The topological polar surface area (TPSA) is 221 Å². The highest BCUT2D eigenvalue weighted by Gasteiger charge is 2.50. The molecule has 8 atom stereocenters. The molecule has 0 aliphatic carbocycles. The first-order valence-electron chi connectivity index (χ1n) is 30.2. The normalized spacial score (nSPS) is 25.9. The van der Waals surface area contributed by atoms with Crippen LogP contribution in [0.4, 0.5) is 18.4 Å². The van der Waals surface area contributed by atoms with Crippen molar-refractivity contribution in [1.82, 2.24) is 59.8 Å². The lowest BCUT2D eigenvalue weighted by molar-refractivity contribution is -0.137. The molecule has 12 rings (SSSR count). The number of carbonyl (C=O) groups excluding carboxylic acids is 6. The van der Waals surface area contributed by atoms with Gasteiger partial charge in [-0.1, -0.05) is 35.3 Å². The van der Waals surface area contributed by atoms with Crippen LogP contribution in [0.15, 0.2) is 92.1 Å². The van der Waals surface area contributed by atoms with Gasteiger partial charge in [-0.3, -0.25) is 39.2 Å². The van der Waals surface area contributed by atoms with Crippen molar-refractivity contribution >= 4 is 93.1 Å². The number of nitrogens with zero attached hydrogens (tertiary/aromatic N) is 12. The molecule has 10 heterocycles. The second-order valence-corrected chi connectivity index (χ2v) is 27.0. The third-order valence-electron chi connectivity index (χ3n) is 18.3. The number of esters is 2. The maximum Gasteiger partial charge on any atom is 0.338 e. The van der Waals surface area contributed by atoms with E-state index < -0.39 is 35.7 Å². The van der Waals surface area contributed by atoms with Crippen LogP contribution in [0.1, 0.15) is 87.6 Å². The summed E-state index contributed by atoms with van der Waals surface area (Å²) < 4.78 is 38.4. The van der Waals surface area contributed by atoms with Crippen molar-refractivity contribution in [2.45, 2.75) is 115 Å². The lowest BCUT2D eigenvalue weighted by Gasteiger charge is -2.38. The molecule has 6 fully saturated rings. The van der Waals surface area contributed by atoms with Gasteiger partial charge >= 0.3 is 24.0 Å². The molecular weight excluding hydrogens is 1240 g/mol. The molecule has 0 saturated carbocycles. The number of urea groups is 2. The molecule has 0 spiro atoms. The first kappa shape index (κ1) is 64.7. The fourth-order valence-electron chi connectivity index (χ4n) is 13.9. The summed E-state index contributed by atoms with van der Waals surface area (Å²) in [4.78, 5) is 114. The van der Waals surface area contributed by atoms with E-state index in [1.165, 1.54) is 73.3 Å². The monoisotopic (exact) mass is 1310 g/mol. The van der Waals surface area contributed by atoms with E-state index in [-0.39, 0.29) is 93.2 Å². The van der Waals surface area contributed by atoms with Gasteiger partial charge in [0.1, 0.15) is 35.3 Å². The van der Waals surface area contributed by atoms with E-state index in [1.807, 2.05) is 30.4 Å². The van der Waals surface area contributed by atoms with Crippen molar-refractivity contribution in [2.24, 2.45) is 9.98 Å². The Labute approximate surface area is 539 Å². The van der Waals surface area contributed by atoms with Crippen LogP contribution in [0, 0.1) is 11.6 Å². The van der Waals surface area contributed by atoms with Crippen LogP contribution in [0.3, 0.4) is 0 Å². The lowest BCUT2D eigenvalue weighted by atomic mass is 9.95. The molecule has 2 aromatic heterocycles. The summed E-state index contributed by atoms with van der Waals surface area (Å²) >= 11 is 15.8. The van der Waals surface area contributed by atoms with E-state index in [0.717, 1.165) is 0 Å². The summed E-state index contributed by atoms with van der Waals surface area (Å²) in [7, 11) is 2.63. The van der Waals surface area contributed by atoms with Crippen LogP contribution in [-0.2, 0) is 28.7 Å². The van der Waals surface area contributed by atoms with Crippen molar-refractivity contribution in [3.05, 3.63) is 125 Å². The highest BCUT2D eigenvalue weighted by molar-refractivity contribution is 7.12. The van der Waals surface area contributed by atoms with Gasteiger partial charge in [0.25, 0.3) is 0 Å². The molecule has 8 aliphatic heterocycles. The molecule has 90 heavy (non-hydrogen) atoms. The number of nitrogens with one attached hydrogen (secondary N) is 2. The fraction of sp³-hybridized carbons (Fsp3) is 0.516. The summed E-state index contributed by atoms with van der Waals surface area (Å²) in [5.41, 5.74) is 2.71. The maximum atomic E-state index is 14.0. The van der Waals surface area contributed by atoms with E-state index in [4.69, 9.17) is 42.7 Å². The Morgan fingerprint density at radius 1 is 0.589 bits per heavy atom. The first-order valence-corrected chi connectivity index (χ1v) is 32.8. The average molecular weight is 1320 g/mol. The molecule has 0 radical (unpaired) electrons. The number of likely N-dealkylation sites (tertiary alicyclic amines) is 2. The number of methoxy groups -OCH3 is 2. The summed E-state index contributed by atoms with van der Waals surface area (Å²) in [5, 5.41) is 11.9. The summed E-state index contributed by atoms with van der Waals surface area (Å²) in [6, 6.07) is 6.42. The molecule has 4 amide bonds. The van der Waals surface area contributed by atoms with Crippen LogP contribution in [-0.4, -0.2) is 237 Å². The number of amidine groups is 2. The fourth-order valence-corrected chi connectivity index (χ4v) is 15.7. The van der Waals surface area contributed by atoms with Crippen LogP contribution < -0.4 is 10.6 Å². The number of carbonyl (C=O) groups is 6. The molecule has 2 aromatic carbocycles. The number of aromatic nitrogens is 2. The Balaban J connectivity index is 0.000000185. The highest BCUT2D eigenvalue weighted by atomic mass is 35.5. The van der Waals surface area contributed by atoms with Crippen molar-refractivity contribution in [3.8, 4) is 0 Å². The number of halogens is 4. The first-order chi connectivity index (χ1) is 43.1. The smallest absolute Gasteiger partial charge is 0.338 e. The Hall–Kier alpha value is -6.78. The number of piperazine rings is 2. The van der Waals surface area contributed by atoms with Gasteiger partial charge in [0, 0.05) is 158 Å². The molecule has 0 bridgehead atoms. The van der Waals surface area contributed by atoms with Crippen LogP contribution in [0.25, 0.3) is 0 Å². The minimum absolute atomic E-state index is 0.0141. The van der Waals surface area contributed by atoms with Crippen LogP contribution >= 0.6 is 45.9 Å². The summed E-state index contributed by atoms with van der Waals surface area (Å²) in [6.45, 7) is 18.3. The number of hydrogen-bond acceptors (Lipinski definition) is 20. The van der Waals surface area contributed by atoms with Gasteiger partial charge in [0.05, 0.1) is 49.5 Å². The van der Waals surface area contributed by atoms with Crippen molar-refractivity contribution in [2.75, 3.05) is 92.8 Å². The lowest BCUT2D eigenvalue weighted by Crippen LogP contribution is -2.53. The number of Topliss-reactive ketones (excluding diaryl/α,β-unsaturated/α-hetero) is 2. The van der Waals surface area contributed by atoms with E-state index in [9.17, 15) is 37.5 Å². The third-order valence-corrected chi connectivity index (χ3v) is 20.5. The van der Waals surface area contributed by atoms with E-state index in [2.05, 4.69) is 67.9 Å². The number of ketones is 2. The SMILES string of the molecule is COC(=O)C1=C(CN2CCN3C(=O)N([C@@H]4C[C@@H](C(C)=O)N(C(C)C)C4)C[C@@H]3C2)NC(c2nccs2)=N[C@H]1c1ccc(F)cc1Cl.COC(=O)C1=C(CN2CCN3C(=O)N([C@H]4C[C@@H](C(C)=O)N(C(C)C)C4)C[C@@H]3C2)NC(c2nccs2)=N[C@H]1c1ccc(F)cc1Cl. The highest BCUT2D eigenvalue weighted by Crippen LogP contribution is 2.40. The largest absolute Gasteiger partial charge is 0.466 e. The molecule has 28 heteroatoms. The number of benzene rings is 2. The Bertz CT molecular complexity index is 3330. The van der Waals surface area contributed by atoms with E-state index >= 15 is 0 Å². The van der Waals surface area contributed by atoms with Gasteiger partial charge < -0.3 is 39.7 Å². The van der Waals surface area contributed by atoms with E-state index in [1.54, 1.807) is 26.2 Å². The van der Waals surface area contributed by atoms with Crippen molar-refractivity contribution in [1.29, 1.82) is 0 Å². The number of amides is 4. The third kappa shape index (κ3) is 13.2. The zero-order chi connectivity index (χ0) is 64.0. The predicted octanol–water partition coefficient (Wildman–Crippen LogP) is 6.63. The Morgan fingerprint density at radius 2 is 0.989 bits per heavy atom. The average Bonchev–Trinajstić information content (AvgIpc) is 2.00.